The first kappa shape index (κ1) is 13.8. The number of carbonyl (C=O) groups excluding carboxylic acids is 1. The third-order valence-corrected chi connectivity index (χ3v) is 3.60. The Kier molecular flexibility index (Phi) is 4.37. The minimum atomic E-state index is 0.0772. The monoisotopic (exact) mass is 262 g/mol. The Morgan fingerprint density at radius 2 is 2.37 bits per heavy atom. The van der Waals surface area contributed by atoms with Crippen LogP contribution in [0.15, 0.2) is 18.5 Å². The van der Waals surface area contributed by atoms with Crippen molar-refractivity contribution >= 4 is 11.6 Å². The highest BCUT2D eigenvalue weighted by Gasteiger charge is 2.29. The molecule has 0 radical (unpaired) electrons. The third kappa shape index (κ3) is 3.04. The summed E-state index contributed by atoms with van der Waals surface area (Å²) in [5, 5.41) is 3.22. The molecule has 1 fully saturated rings. The number of rotatable bonds is 4. The van der Waals surface area contributed by atoms with Gasteiger partial charge in [0, 0.05) is 38.1 Å². The second-order valence-corrected chi connectivity index (χ2v) is 5.11. The standard InChI is InChI=1S/C14H22N4O/c1-4-16-13-5-7-15-9-12(13)14(19)18-8-6-11(10-18)17(2)3/h5,7,9,11H,4,6,8,10H2,1-3H3,(H,15,16). The highest BCUT2D eigenvalue weighted by molar-refractivity contribution is 5.99. The van der Waals surface area contributed by atoms with Gasteiger partial charge in [-0.3, -0.25) is 9.78 Å². The van der Waals surface area contributed by atoms with Crippen molar-refractivity contribution in [3.63, 3.8) is 0 Å². The van der Waals surface area contributed by atoms with E-state index in [1.165, 1.54) is 0 Å². The molecule has 1 unspecified atom stereocenters. The third-order valence-electron chi connectivity index (χ3n) is 3.60. The van der Waals surface area contributed by atoms with Crippen LogP contribution in [0.25, 0.3) is 0 Å². The predicted molar refractivity (Wildman–Crippen MR) is 76.4 cm³/mol. The Hall–Kier alpha value is -1.62. The van der Waals surface area contributed by atoms with Gasteiger partial charge < -0.3 is 15.1 Å². The summed E-state index contributed by atoms with van der Waals surface area (Å²) in [5.74, 6) is 0.0772. The van der Waals surface area contributed by atoms with E-state index in [-0.39, 0.29) is 5.91 Å². The van der Waals surface area contributed by atoms with E-state index in [1.807, 2.05) is 17.9 Å². The van der Waals surface area contributed by atoms with Gasteiger partial charge in [0.1, 0.15) is 0 Å². The Labute approximate surface area is 114 Å². The minimum Gasteiger partial charge on any atom is -0.385 e. The first-order valence-electron chi connectivity index (χ1n) is 6.77. The number of pyridine rings is 1. The number of hydrogen-bond donors (Lipinski definition) is 1. The van der Waals surface area contributed by atoms with Crippen molar-refractivity contribution in [2.45, 2.75) is 19.4 Å². The summed E-state index contributed by atoms with van der Waals surface area (Å²) in [6.45, 7) is 4.44. The summed E-state index contributed by atoms with van der Waals surface area (Å²) in [7, 11) is 4.12. The lowest BCUT2D eigenvalue weighted by Crippen LogP contribution is -2.34. The average Bonchev–Trinajstić information content (AvgIpc) is 2.89. The van der Waals surface area contributed by atoms with Crippen molar-refractivity contribution in [2.75, 3.05) is 39.0 Å². The second kappa shape index (κ2) is 6.02. The maximum absolute atomic E-state index is 12.5. The van der Waals surface area contributed by atoms with Crippen LogP contribution in [-0.2, 0) is 0 Å². The van der Waals surface area contributed by atoms with Gasteiger partial charge in [-0.1, -0.05) is 0 Å². The molecule has 2 rings (SSSR count). The molecule has 0 bridgehead atoms. The normalized spacial score (nSPS) is 18.9. The van der Waals surface area contributed by atoms with Gasteiger partial charge in [0.15, 0.2) is 0 Å². The lowest BCUT2D eigenvalue weighted by molar-refractivity contribution is 0.0783. The predicted octanol–water partition coefficient (Wildman–Crippen LogP) is 1.29. The molecule has 2 heterocycles. The van der Waals surface area contributed by atoms with Crippen LogP contribution in [0.1, 0.15) is 23.7 Å². The first-order chi connectivity index (χ1) is 9.13. The molecule has 5 heteroatoms. The number of hydrogen-bond acceptors (Lipinski definition) is 4. The van der Waals surface area contributed by atoms with Crippen molar-refractivity contribution in [3.8, 4) is 0 Å². The van der Waals surface area contributed by atoms with Gasteiger partial charge in [-0.2, -0.15) is 0 Å². The second-order valence-electron chi connectivity index (χ2n) is 5.11. The van der Waals surface area contributed by atoms with Crippen LogP contribution in [0.4, 0.5) is 5.69 Å². The van der Waals surface area contributed by atoms with Gasteiger partial charge in [0.05, 0.1) is 11.3 Å². The van der Waals surface area contributed by atoms with Gasteiger partial charge in [0.2, 0.25) is 0 Å². The largest absolute Gasteiger partial charge is 0.385 e. The smallest absolute Gasteiger partial charge is 0.257 e. The van der Waals surface area contributed by atoms with E-state index in [1.54, 1.807) is 12.4 Å². The lowest BCUT2D eigenvalue weighted by Gasteiger charge is -2.21. The first-order valence-corrected chi connectivity index (χ1v) is 6.77. The summed E-state index contributed by atoms with van der Waals surface area (Å²) >= 11 is 0. The van der Waals surface area contributed by atoms with E-state index in [9.17, 15) is 4.79 Å². The van der Waals surface area contributed by atoms with Crippen LogP contribution in [0.2, 0.25) is 0 Å². The molecular weight excluding hydrogens is 240 g/mol. The summed E-state index contributed by atoms with van der Waals surface area (Å²) in [5.41, 5.74) is 1.54. The van der Waals surface area contributed by atoms with Gasteiger partial charge in [-0.15, -0.1) is 0 Å². The maximum atomic E-state index is 12.5. The summed E-state index contributed by atoms with van der Waals surface area (Å²) in [4.78, 5) is 20.7. The number of aromatic nitrogens is 1. The number of anilines is 1. The molecule has 1 saturated heterocycles. The number of nitrogens with one attached hydrogen (secondary N) is 1. The van der Waals surface area contributed by atoms with E-state index < -0.39 is 0 Å². The van der Waals surface area contributed by atoms with E-state index in [2.05, 4.69) is 29.3 Å². The van der Waals surface area contributed by atoms with Gasteiger partial charge in [0.25, 0.3) is 5.91 Å². The van der Waals surface area contributed by atoms with Gasteiger partial charge in [-0.05, 0) is 33.5 Å². The zero-order valence-electron chi connectivity index (χ0n) is 11.9. The molecule has 0 aromatic carbocycles. The molecule has 1 aliphatic rings. The molecule has 0 saturated carbocycles. The molecule has 0 spiro atoms. The highest BCUT2D eigenvalue weighted by Crippen LogP contribution is 2.20. The fourth-order valence-electron chi connectivity index (χ4n) is 2.43. The van der Waals surface area contributed by atoms with E-state index in [4.69, 9.17) is 0 Å². The summed E-state index contributed by atoms with van der Waals surface area (Å²) in [6, 6.07) is 2.32. The zero-order valence-corrected chi connectivity index (χ0v) is 11.9. The van der Waals surface area contributed by atoms with E-state index in [0.717, 1.165) is 31.7 Å². The van der Waals surface area contributed by atoms with Crippen LogP contribution in [-0.4, -0.2) is 60.5 Å². The highest BCUT2D eigenvalue weighted by atomic mass is 16.2. The Balaban J connectivity index is 2.12. The minimum absolute atomic E-state index is 0.0772. The van der Waals surface area contributed by atoms with Crippen LogP contribution in [0, 0.1) is 0 Å². The Morgan fingerprint density at radius 3 is 3.00 bits per heavy atom. The summed E-state index contributed by atoms with van der Waals surface area (Å²) in [6.07, 6.45) is 4.40. The topological polar surface area (TPSA) is 48.5 Å². The van der Waals surface area contributed by atoms with Gasteiger partial charge >= 0.3 is 0 Å². The molecule has 1 aromatic heterocycles. The molecular formula is C14H22N4O. The average molecular weight is 262 g/mol. The molecule has 104 valence electrons. The SMILES string of the molecule is CCNc1ccncc1C(=O)N1CCC(N(C)C)C1. The van der Waals surface area contributed by atoms with Crippen molar-refractivity contribution in [1.82, 2.24) is 14.8 Å². The number of nitrogens with zero attached hydrogens (tertiary/aromatic N) is 3. The van der Waals surface area contributed by atoms with E-state index in [0.29, 0.717) is 11.6 Å². The molecule has 1 aliphatic heterocycles. The van der Waals surface area contributed by atoms with Crippen LogP contribution in [0.5, 0.6) is 0 Å². The molecule has 1 aromatic rings. The number of carbonyl (C=O) groups is 1. The number of likely N-dealkylation sites (N-methyl/N-ethyl adjacent to an activating group) is 1. The van der Waals surface area contributed by atoms with Crippen LogP contribution in [0.3, 0.4) is 0 Å². The van der Waals surface area contributed by atoms with Crippen molar-refractivity contribution in [3.05, 3.63) is 24.0 Å². The van der Waals surface area contributed by atoms with Crippen molar-refractivity contribution < 1.29 is 4.79 Å². The van der Waals surface area contributed by atoms with Crippen LogP contribution < -0.4 is 5.32 Å². The Morgan fingerprint density at radius 1 is 1.58 bits per heavy atom. The molecule has 1 amide bonds. The number of likely N-dealkylation sites (tertiary alicyclic amines) is 1. The fourth-order valence-corrected chi connectivity index (χ4v) is 2.43. The summed E-state index contributed by atoms with van der Waals surface area (Å²) < 4.78 is 0. The lowest BCUT2D eigenvalue weighted by atomic mass is 10.2. The quantitative estimate of drug-likeness (QED) is 0.888. The zero-order chi connectivity index (χ0) is 13.8. The molecule has 1 atom stereocenters. The van der Waals surface area contributed by atoms with Gasteiger partial charge in [-0.25, -0.2) is 0 Å². The van der Waals surface area contributed by atoms with E-state index >= 15 is 0 Å². The van der Waals surface area contributed by atoms with Crippen LogP contribution >= 0.6 is 0 Å². The van der Waals surface area contributed by atoms with Crippen molar-refractivity contribution in [2.24, 2.45) is 0 Å². The maximum Gasteiger partial charge on any atom is 0.257 e. The molecule has 5 nitrogen and oxygen atoms in total. The number of amides is 1. The Bertz CT molecular complexity index is 447. The molecule has 1 N–H and O–H groups in total. The fraction of sp³-hybridized carbons (Fsp3) is 0.571. The molecule has 19 heavy (non-hydrogen) atoms. The molecule has 0 aliphatic carbocycles. The van der Waals surface area contributed by atoms with Crippen molar-refractivity contribution in [1.29, 1.82) is 0 Å².